The zero-order valence-corrected chi connectivity index (χ0v) is 15.4. The third-order valence-corrected chi connectivity index (χ3v) is 5.30. The summed E-state index contributed by atoms with van der Waals surface area (Å²) in [6.07, 6.45) is 3.74. The largest absolute Gasteiger partial charge is 0.338 e. The Kier molecular flexibility index (Phi) is 4.45. The summed E-state index contributed by atoms with van der Waals surface area (Å²) in [5, 5.41) is 0. The van der Waals surface area contributed by atoms with Gasteiger partial charge in [-0.25, -0.2) is 9.97 Å². The van der Waals surface area contributed by atoms with E-state index in [9.17, 15) is 4.79 Å². The van der Waals surface area contributed by atoms with Gasteiger partial charge in [-0.3, -0.25) is 4.79 Å². The smallest absolute Gasteiger partial charge is 0.253 e. The molecule has 1 amide bonds. The highest BCUT2D eigenvalue weighted by Gasteiger charge is 2.31. The maximum atomic E-state index is 12.8. The number of aromatic nitrogens is 3. The van der Waals surface area contributed by atoms with Gasteiger partial charge in [0.1, 0.15) is 11.3 Å². The van der Waals surface area contributed by atoms with Gasteiger partial charge in [-0.1, -0.05) is 19.1 Å². The zero-order chi connectivity index (χ0) is 18.1. The summed E-state index contributed by atoms with van der Waals surface area (Å²) in [5.41, 5.74) is 3.90. The minimum atomic E-state index is 0.118. The fourth-order valence-electron chi connectivity index (χ4n) is 3.82. The molecule has 4 rings (SSSR count). The van der Waals surface area contributed by atoms with Crippen LogP contribution >= 0.6 is 0 Å². The van der Waals surface area contributed by atoms with Crippen molar-refractivity contribution in [2.75, 3.05) is 13.1 Å². The lowest BCUT2D eigenvalue weighted by molar-refractivity contribution is 0.0790. The number of carbonyl (C=O) groups excluding carboxylic acids is 1. The van der Waals surface area contributed by atoms with E-state index in [0.717, 1.165) is 55.0 Å². The van der Waals surface area contributed by atoms with Crippen LogP contribution in [0.1, 0.15) is 47.9 Å². The number of imidazole rings is 1. The number of fused-ring (bicyclic) bond motifs is 1. The second-order valence-electron chi connectivity index (χ2n) is 6.85. The monoisotopic (exact) mass is 348 g/mol. The molecule has 0 radical (unpaired) electrons. The molecular formula is C21H24N4O. The first-order chi connectivity index (χ1) is 12.7. The lowest BCUT2D eigenvalue weighted by atomic mass is 10.1. The van der Waals surface area contributed by atoms with Crippen molar-refractivity contribution in [3.8, 4) is 0 Å². The Morgan fingerprint density at radius 1 is 1.19 bits per heavy atom. The molecule has 3 aromatic rings. The highest BCUT2D eigenvalue weighted by Crippen LogP contribution is 2.29. The molecule has 1 saturated heterocycles. The van der Waals surface area contributed by atoms with Crippen molar-refractivity contribution in [1.82, 2.24) is 19.4 Å². The van der Waals surface area contributed by atoms with Crippen LogP contribution in [0.15, 0.2) is 42.6 Å². The van der Waals surface area contributed by atoms with Gasteiger partial charge in [0.25, 0.3) is 5.91 Å². The number of hydrogen-bond acceptors (Lipinski definition) is 3. The van der Waals surface area contributed by atoms with Crippen LogP contribution in [0.25, 0.3) is 11.2 Å². The fraction of sp³-hybridized carbons (Fsp3) is 0.381. The molecule has 1 aliphatic rings. The molecule has 2 aromatic heterocycles. The Labute approximate surface area is 153 Å². The van der Waals surface area contributed by atoms with Crippen LogP contribution in [0.3, 0.4) is 0 Å². The Morgan fingerprint density at radius 3 is 2.73 bits per heavy atom. The predicted molar refractivity (Wildman–Crippen MR) is 102 cm³/mol. The molecule has 3 heterocycles. The Balaban J connectivity index is 1.55. The van der Waals surface area contributed by atoms with Crippen molar-refractivity contribution in [2.45, 2.75) is 39.2 Å². The van der Waals surface area contributed by atoms with E-state index in [2.05, 4.69) is 23.4 Å². The van der Waals surface area contributed by atoms with Crippen molar-refractivity contribution in [2.24, 2.45) is 0 Å². The lowest BCUT2D eigenvalue weighted by Crippen LogP contribution is -2.28. The van der Waals surface area contributed by atoms with Gasteiger partial charge < -0.3 is 9.47 Å². The van der Waals surface area contributed by atoms with Gasteiger partial charge in [-0.2, -0.15) is 0 Å². The van der Waals surface area contributed by atoms with Crippen molar-refractivity contribution >= 4 is 17.1 Å². The molecule has 0 bridgehead atoms. The van der Waals surface area contributed by atoms with Gasteiger partial charge in [-0.15, -0.1) is 0 Å². The molecule has 1 unspecified atom stereocenters. The fourth-order valence-corrected chi connectivity index (χ4v) is 3.82. The molecule has 1 aromatic carbocycles. The molecule has 134 valence electrons. The number of likely N-dealkylation sites (tertiary alicyclic amines) is 1. The van der Waals surface area contributed by atoms with Crippen LogP contribution in [-0.2, 0) is 13.0 Å². The van der Waals surface area contributed by atoms with Gasteiger partial charge in [0.05, 0.1) is 0 Å². The summed E-state index contributed by atoms with van der Waals surface area (Å²) in [6, 6.07) is 11.9. The molecule has 1 aliphatic heterocycles. The zero-order valence-electron chi connectivity index (χ0n) is 15.4. The van der Waals surface area contributed by atoms with Gasteiger partial charge in [0.2, 0.25) is 0 Å². The number of carbonyl (C=O) groups is 1. The van der Waals surface area contributed by atoms with Crippen molar-refractivity contribution < 1.29 is 4.79 Å². The molecule has 0 N–H and O–H groups in total. The summed E-state index contributed by atoms with van der Waals surface area (Å²) in [6.45, 7) is 6.58. The summed E-state index contributed by atoms with van der Waals surface area (Å²) < 4.78 is 2.18. The normalized spacial score (nSPS) is 17.2. The summed E-state index contributed by atoms with van der Waals surface area (Å²) in [4.78, 5) is 24.1. The van der Waals surface area contributed by atoms with Gasteiger partial charge in [0, 0.05) is 37.3 Å². The Bertz CT molecular complexity index is 929. The number of amides is 1. The maximum Gasteiger partial charge on any atom is 0.253 e. The third-order valence-electron chi connectivity index (χ3n) is 5.30. The first-order valence-electron chi connectivity index (χ1n) is 9.40. The molecular weight excluding hydrogens is 324 g/mol. The predicted octanol–water partition coefficient (Wildman–Crippen LogP) is 3.64. The van der Waals surface area contributed by atoms with Crippen LogP contribution in [0.2, 0.25) is 0 Å². The SMILES string of the molecule is CCc1ccc(C(=O)N2CCC(c3nc4cccnc4n3CC)C2)cc1. The first kappa shape index (κ1) is 16.8. The van der Waals surface area contributed by atoms with Gasteiger partial charge in [-0.05, 0) is 49.6 Å². The van der Waals surface area contributed by atoms with E-state index in [1.165, 1.54) is 5.56 Å². The number of hydrogen-bond donors (Lipinski definition) is 0. The Morgan fingerprint density at radius 2 is 2.00 bits per heavy atom. The maximum absolute atomic E-state index is 12.8. The minimum Gasteiger partial charge on any atom is -0.338 e. The van der Waals surface area contributed by atoms with E-state index >= 15 is 0 Å². The second kappa shape index (κ2) is 6.90. The summed E-state index contributed by atoms with van der Waals surface area (Å²) in [7, 11) is 0. The van der Waals surface area contributed by atoms with Crippen LogP contribution in [0, 0.1) is 0 Å². The van der Waals surface area contributed by atoms with E-state index in [4.69, 9.17) is 4.98 Å². The number of rotatable bonds is 4. The molecule has 5 heteroatoms. The van der Waals surface area contributed by atoms with Crippen molar-refractivity contribution in [1.29, 1.82) is 0 Å². The van der Waals surface area contributed by atoms with E-state index in [-0.39, 0.29) is 11.8 Å². The molecule has 1 fully saturated rings. The Hall–Kier alpha value is -2.69. The third kappa shape index (κ3) is 2.87. The van der Waals surface area contributed by atoms with Gasteiger partial charge in [0.15, 0.2) is 5.65 Å². The standard InChI is InChI=1S/C21H24N4O/c1-3-15-7-9-16(10-8-15)21(26)24-13-11-17(14-24)19-23-18-6-5-12-22-20(18)25(19)4-2/h5-10,12,17H,3-4,11,13-14H2,1-2H3. The van der Waals surface area contributed by atoms with Crippen molar-refractivity contribution in [3.05, 3.63) is 59.5 Å². The van der Waals surface area contributed by atoms with Crippen molar-refractivity contribution in [3.63, 3.8) is 0 Å². The van der Waals surface area contributed by atoms with E-state index in [1.807, 2.05) is 47.5 Å². The van der Waals surface area contributed by atoms with Crippen LogP contribution in [0.5, 0.6) is 0 Å². The average molecular weight is 348 g/mol. The molecule has 5 nitrogen and oxygen atoms in total. The van der Waals surface area contributed by atoms with E-state index in [0.29, 0.717) is 0 Å². The lowest BCUT2D eigenvalue weighted by Gasteiger charge is -2.17. The highest BCUT2D eigenvalue weighted by atomic mass is 16.2. The minimum absolute atomic E-state index is 0.118. The molecule has 0 aliphatic carbocycles. The molecule has 26 heavy (non-hydrogen) atoms. The summed E-state index contributed by atoms with van der Waals surface area (Å²) >= 11 is 0. The van der Waals surface area contributed by atoms with Gasteiger partial charge >= 0.3 is 0 Å². The average Bonchev–Trinajstić information content (AvgIpc) is 3.31. The quantitative estimate of drug-likeness (QED) is 0.723. The number of aryl methyl sites for hydroxylation is 2. The summed E-state index contributed by atoms with van der Waals surface area (Å²) in [5.74, 6) is 1.44. The molecule has 1 atom stereocenters. The highest BCUT2D eigenvalue weighted by molar-refractivity contribution is 5.94. The second-order valence-corrected chi connectivity index (χ2v) is 6.85. The van der Waals surface area contributed by atoms with Crippen LogP contribution in [-0.4, -0.2) is 38.4 Å². The number of pyridine rings is 1. The van der Waals surface area contributed by atoms with E-state index in [1.54, 1.807) is 0 Å². The van der Waals surface area contributed by atoms with Crippen LogP contribution in [0.4, 0.5) is 0 Å². The number of nitrogens with zero attached hydrogens (tertiary/aromatic N) is 4. The van der Waals surface area contributed by atoms with Crippen LogP contribution < -0.4 is 0 Å². The number of benzene rings is 1. The topological polar surface area (TPSA) is 51.0 Å². The molecule has 0 spiro atoms. The molecule has 0 saturated carbocycles. The first-order valence-corrected chi connectivity index (χ1v) is 9.40. The van der Waals surface area contributed by atoms with E-state index < -0.39 is 0 Å².